The molecule has 6 heteroatoms. The number of rotatable bonds is 5. The van der Waals surface area contributed by atoms with Crippen LogP contribution < -0.4 is 10.1 Å². The lowest BCUT2D eigenvalue weighted by Crippen LogP contribution is -2.33. The Kier molecular flexibility index (Phi) is 5.03. The molecule has 1 unspecified atom stereocenters. The van der Waals surface area contributed by atoms with Crippen molar-refractivity contribution in [3.63, 3.8) is 0 Å². The first-order chi connectivity index (χ1) is 10.1. The molecular weight excluding hydrogens is 272 g/mol. The molecule has 1 aliphatic rings. The fraction of sp³-hybridized carbons (Fsp3) is 0.467. The number of ether oxygens (including phenoxy) is 1. The molecule has 2 N–H and O–H groups in total. The van der Waals surface area contributed by atoms with Gasteiger partial charge >= 0.3 is 12.0 Å². The summed E-state index contributed by atoms with van der Waals surface area (Å²) in [6, 6.07) is 6.91. The van der Waals surface area contributed by atoms with Crippen LogP contribution in [0, 0.1) is 5.92 Å². The van der Waals surface area contributed by atoms with Gasteiger partial charge in [0.05, 0.1) is 12.5 Å². The summed E-state index contributed by atoms with van der Waals surface area (Å²) in [7, 11) is 0. The van der Waals surface area contributed by atoms with Gasteiger partial charge < -0.3 is 20.1 Å². The molecule has 1 saturated heterocycles. The smallest absolute Gasteiger partial charge is 0.321 e. The fourth-order valence-corrected chi connectivity index (χ4v) is 2.23. The Hall–Kier alpha value is -2.24. The van der Waals surface area contributed by atoms with Gasteiger partial charge in [-0.05, 0) is 25.0 Å². The molecule has 2 amide bonds. The molecule has 0 saturated carbocycles. The summed E-state index contributed by atoms with van der Waals surface area (Å²) in [6.45, 7) is 3.38. The van der Waals surface area contributed by atoms with Crippen molar-refractivity contribution in [2.75, 3.05) is 25.0 Å². The van der Waals surface area contributed by atoms with Gasteiger partial charge in [0, 0.05) is 24.8 Å². The minimum absolute atomic E-state index is 0.257. The zero-order valence-electron chi connectivity index (χ0n) is 12.0. The Labute approximate surface area is 123 Å². The van der Waals surface area contributed by atoms with Crippen molar-refractivity contribution in [2.24, 2.45) is 5.92 Å². The van der Waals surface area contributed by atoms with E-state index >= 15 is 0 Å². The second-order valence-electron chi connectivity index (χ2n) is 5.08. The van der Waals surface area contributed by atoms with Crippen LogP contribution in [-0.4, -0.2) is 41.7 Å². The molecule has 0 bridgehead atoms. The van der Waals surface area contributed by atoms with E-state index in [1.54, 1.807) is 12.1 Å². The van der Waals surface area contributed by atoms with Crippen LogP contribution in [0.5, 0.6) is 5.75 Å². The van der Waals surface area contributed by atoms with Crippen molar-refractivity contribution in [1.29, 1.82) is 0 Å². The van der Waals surface area contributed by atoms with Crippen LogP contribution in [-0.2, 0) is 4.79 Å². The Morgan fingerprint density at radius 2 is 2.29 bits per heavy atom. The Bertz CT molecular complexity index is 518. The van der Waals surface area contributed by atoms with Crippen LogP contribution in [0.4, 0.5) is 10.5 Å². The standard InChI is InChI=1S/C15H20N2O4/c1-2-8-21-13-5-3-4-12(9-13)16-15(20)17-7-6-11(10-17)14(18)19/h3-5,9,11H,2,6-8,10H2,1H3,(H,16,20)(H,18,19). The quantitative estimate of drug-likeness (QED) is 0.873. The van der Waals surface area contributed by atoms with E-state index in [1.165, 1.54) is 4.90 Å². The lowest BCUT2D eigenvalue weighted by Gasteiger charge is -2.17. The fourth-order valence-electron chi connectivity index (χ4n) is 2.23. The summed E-state index contributed by atoms with van der Waals surface area (Å²) in [5.41, 5.74) is 0.646. The maximum atomic E-state index is 12.1. The van der Waals surface area contributed by atoms with Crippen LogP contribution in [0.3, 0.4) is 0 Å². The molecule has 0 spiro atoms. The number of carboxylic acids is 1. The van der Waals surface area contributed by atoms with Crippen molar-refractivity contribution in [2.45, 2.75) is 19.8 Å². The second-order valence-corrected chi connectivity index (χ2v) is 5.08. The number of nitrogens with zero attached hydrogens (tertiary/aromatic N) is 1. The highest BCUT2D eigenvalue weighted by molar-refractivity contribution is 5.90. The van der Waals surface area contributed by atoms with Crippen LogP contribution in [0.2, 0.25) is 0 Å². The van der Waals surface area contributed by atoms with E-state index in [0.29, 0.717) is 31.0 Å². The minimum atomic E-state index is -0.847. The molecule has 1 aromatic carbocycles. The normalized spacial score (nSPS) is 17.6. The molecule has 0 aromatic heterocycles. The van der Waals surface area contributed by atoms with Crippen molar-refractivity contribution in [3.05, 3.63) is 24.3 Å². The predicted molar refractivity (Wildman–Crippen MR) is 78.6 cm³/mol. The topological polar surface area (TPSA) is 78.9 Å². The number of hydrogen-bond donors (Lipinski definition) is 2. The molecule has 2 rings (SSSR count). The Balaban J connectivity index is 1.92. The minimum Gasteiger partial charge on any atom is -0.494 e. The van der Waals surface area contributed by atoms with Gasteiger partial charge in [0.2, 0.25) is 0 Å². The maximum absolute atomic E-state index is 12.1. The van der Waals surface area contributed by atoms with Crippen molar-refractivity contribution in [1.82, 2.24) is 4.90 Å². The molecule has 1 fully saturated rings. The van der Waals surface area contributed by atoms with Crippen LogP contribution >= 0.6 is 0 Å². The van der Waals surface area contributed by atoms with E-state index in [2.05, 4.69) is 5.32 Å². The number of urea groups is 1. The van der Waals surface area contributed by atoms with Crippen molar-refractivity contribution < 1.29 is 19.4 Å². The maximum Gasteiger partial charge on any atom is 0.321 e. The van der Waals surface area contributed by atoms with E-state index in [1.807, 2.05) is 19.1 Å². The highest BCUT2D eigenvalue weighted by Gasteiger charge is 2.30. The average molecular weight is 292 g/mol. The number of hydrogen-bond acceptors (Lipinski definition) is 3. The first-order valence-electron chi connectivity index (χ1n) is 7.11. The highest BCUT2D eigenvalue weighted by atomic mass is 16.5. The molecule has 0 radical (unpaired) electrons. The molecule has 0 aliphatic carbocycles. The lowest BCUT2D eigenvalue weighted by molar-refractivity contribution is -0.141. The average Bonchev–Trinajstić information content (AvgIpc) is 2.95. The van der Waals surface area contributed by atoms with E-state index < -0.39 is 11.9 Å². The van der Waals surface area contributed by atoms with Crippen molar-refractivity contribution >= 4 is 17.7 Å². The Morgan fingerprint density at radius 1 is 1.48 bits per heavy atom. The summed E-state index contributed by atoms with van der Waals surface area (Å²) in [4.78, 5) is 24.5. The summed E-state index contributed by atoms with van der Waals surface area (Å²) in [5, 5.41) is 11.7. The van der Waals surface area contributed by atoms with Crippen molar-refractivity contribution in [3.8, 4) is 5.75 Å². The van der Waals surface area contributed by atoms with Crippen LogP contribution in [0.25, 0.3) is 0 Å². The van der Waals surface area contributed by atoms with E-state index in [9.17, 15) is 9.59 Å². The summed E-state index contributed by atoms with van der Waals surface area (Å²) in [6.07, 6.45) is 1.42. The molecular formula is C15H20N2O4. The summed E-state index contributed by atoms with van der Waals surface area (Å²) in [5.74, 6) is -0.602. The van der Waals surface area contributed by atoms with E-state index in [0.717, 1.165) is 6.42 Å². The first kappa shape index (κ1) is 15.2. The third-order valence-electron chi connectivity index (χ3n) is 3.38. The number of likely N-dealkylation sites (tertiary alicyclic amines) is 1. The van der Waals surface area contributed by atoms with Crippen LogP contribution in [0.15, 0.2) is 24.3 Å². The first-order valence-corrected chi connectivity index (χ1v) is 7.11. The van der Waals surface area contributed by atoms with Gasteiger partial charge in [0.25, 0.3) is 0 Å². The number of nitrogens with one attached hydrogen (secondary N) is 1. The van der Waals surface area contributed by atoms with Gasteiger partial charge in [-0.2, -0.15) is 0 Å². The van der Waals surface area contributed by atoms with Gasteiger partial charge in [0.1, 0.15) is 5.75 Å². The molecule has 114 valence electrons. The monoisotopic (exact) mass is 292 g/mol. The molecule has 21 heavy (non-hydrogen) atoms. The summed E-state index contributed by atoms with van der Waals surface area (Å²) >= 11 is 0. The van der Waals surface area contributed by atoms with Gasteiger partial charge in [0.15, 0.2) is 0 Å². The molecule has 6 nitrogen and oxygen atoms in total. The Morgan fingerprint density at radius 3 is 2.95 bits per heavy atom. The SMILES string of the molecule is CCCOc1cccc(NC(=O)N2CCC(C(=O)O)C2)c1. The van der Waals surface area contributed by atoms with Crippen LogP contribution in [0.1, 0.15) is 19.8 Å². The van der Waals surface area contributed by atoms with Gasteiger partial charge in [-0.1, -0.05) is 13.0 Å². The number of aliphatic carboxylic acids is 1. The van der Waals surface area contributed by atoms with Gasteiger partial charge in [-0.3, -0.25) is 4.79 Å². The van der Waals surface area contributed by atoms with E-state index in [4.69, 9.17) is 9.84 Å². The number of amides is 2. The molecule has 1 atom stereocenters. The third-order valence-corrected chi connectivity index (χ3v) is 3.38. The third kappa shape index (κ3) is 4.11. The second kappa shape index (κ2) is 6.97. The lowest BCUT2D eigenvalue weighted by atomic mass is 10.1. The molecule has 1 heterocycles. The zero-order valence-corrected chi connectivity index (χ0v) is 12.0. The highest BCUT2D eigenvalue weighted by Crippen LogP contribution is 2.20. The number of carbonyl (C=O) groups is 2. The van der Waals surface area contributed by atoms with Gasteiger partial charge in [-0.15, -0.1) is 0 Å². The van der Waals surface area contributed by atoms with Gasteiger partial charge in [-0.25, -0.2) is 4.79 Å². The summed E-state index contributed by atoms with van der Waals surface area (Å²) < 4.78 is 5.51. The number of anilines is 1. The largest absolute Gasteiger partial charge is 0.494 e. The number of benzene rings is 1. The molecule has 1 aromatic rings. The number of carbonyl (C=O) groups excluding carboxylic acids is 1. The number of carboxylic acid groups (broad SMARTS) is 1. The molecule has 1 aliphatic heterocycles. The predicted octanol–water partition coefficient (Wildman–Crippen LogP) is 2.41. The zero-order chi connectivity index (χ0) is 15.2. The van der Waals surface area contributed by atoms with E-state index in [-0.39, 0.29) is 12.6 Å².